The molecule has 0 saturated heterocycles. The Bertz CT molecular complexity index is 1200. The second-order valence-corrected chi connectivity index (χ2v) is 9.69. The Hall–Kier alpha value is -3.47. The van der Waals surface area contributed by atoms with Crippen molar-refractivity contribution in [2.24, 2.45) is 0 Å². The van der Waals surface area contributed by atoms with Gasteiger partial charge in [-0.05, 0) is 39.2 Å². The summed E-state index contributed by atoms with van der Waals surface area (Å²) in [7, 11) is 0. The number of nitrogens with one attached hydrogen (secondary N) is 2. The lowest BCUT2D eigenvalue weighted by Gasteiger charge is -2.29. The Balaban J connectivity index is 1.71. The third-order valence-corrected chi connectivity index (χ3v) is 6.67. The molecule has 11 heteroatoms. The maximum atomic E-state index is 11.2. The van der Waals surface area contributed by atoms with Gasteiger partial charge in [-0.3, -0.25) is 10.1 Å². The predicted molar refractivity (Wildman–Crippen MR) is 134 cm³/mol. The van der Waals surface area contributed by atoms with E-state index in [0.29, 0.717) is 41.0 Å². The minimum Gasteiger partial charge on any atom is -0.508 e. The van der Waals surface area contributed by atoms with Crippen molar-refractivity contribution in [1.29, 1.82) is 0 Å². The minimum atomic E-state index is -0.987. The van der Waals surface area contributed by atoms with Gasteiger partial charge in [0.25, 0.3) is 5.69 Å². The van der Waals surface area contributed by atoms with Crippen LogP contribution < -0.4 is 10.6 Å². The van der Waals surface area contributed by atoms with E-state index in [-0.39, 0.29) is 24.0 Å². The van der Waals surface area contributed by atoms with E-state index in [2.05, 4.69) is 25.2 Å². The SMILES string of the molecule is CCC(Nc1nc(NCc2cc([N+](=O)[O-])ccc2O)c2ncn(C3CCCCC3)c2n1)C(C)(C)O. The molecule has 1 aliphatic rings. The van der Waals surface area contributed by atoms with Crippen molar-refractivity contribution >= 4 is 28.6 Å². The molecule has 2 aromatic heterocycles. The number of hydrogen-bond donors (Lipinski definition) is 4. The minimum absolute atomic E-state index is 0.0486. The molecule has 0 radical (unpaired) electrons. The van der Waals surface area contributed by atoms with E-state index >= 15 is 0 Å². The summed E-state index contributed by atoms with van der Waals surface area (Å²) < 4.78 is 2.10. The molecule has 0 aliphatic heterocycles. The fraction of sp³-hybridized carbons (Fsp3) is 0.542. The molecule has 1 atom stereocenters. The fourth-order valence-corrected chi connectivity index (χ4v) is 4.67. The highest BCUT2D eigenvalue weighted by Crippen LogP contribution is 2.33. The van der Waals surface area contributed by atoms with Gasteiger partial charge in [0, 0.05) is 30.3 Å². The van der Waals surface area contributed by atoms with Crippen molar-refractivity contribution in [3.05, 3.63) is 40.2 Å². The van der Waals surface area contributed by atoms with Crippen LogP contribution >= 0.6 is 0 Å². The number of phenols is 1. The van der Waals surface area contributed by atoms with Crippen LogP contribution in [0.15, 0.2) is 24.5 Å². The van der Waals surface area contributed by atoms with E-state index < -0.39 is 10.5 Å². The van der Waals surface area contributed by atoms with Crippen LogP contribution in [0.5, 0.6) is 5.75 Å². The molecule has 0 amide bonds. The first kappa shape index (κ1) is 24.6. The Morgan fingerprint density at radius 3 is 2.66 bits per heavy atom. The number of aromatic nitrogens is 4. The number of hydrogen-bond acceptors (Lipinski definition) is 9. The van der Waals surface area contributed by atoms with Gasteiger partial charge in [-0.1, -0.05) is 26.2 Å². The van der Waals surface area contributed by atoms with Gasteiger partial charge < -0.3 is 25.4 Å². The summed E-state index contributed by atoms with van der Waals surface area (Å²) in [4.78, 5) is 24.7. The van der Waals surface area contributed by atoms with E-state index in [9.17, 15) is 20.3 Å². The maximum absolute atomic E-state index is 11.2. The van der Waals surface area contributed by atoms with E-state index in [1.807, 2.05) is 6.92 Å². The normalized spacial score (nSPS) is 15.8. The molecule has 4 N–H and O–H groups in total. The van der Waals surface area contributed by atoms with Crippen LogP contribution in [0.2, 0.25) is 0 Å². The van der Waals surface area contributed by atoms with Crippen molar-refractivity contribution in [2.45, 2.75) is 83.5 Å². The van der Waals surface area contributed by atoms with Crippen molar-refractivity contribution in [3.8, 4) is 5.75 Å². The topological polar surface area (TPSA) is 151 Å². The summed E-state index contributed by atoms with van der Waals surface area (Å²) in [6, 6.07) is 3.94. The summed E-state index contributed by atoms with van der Waals surface area (Å²) in [6.45, 7) is 5.56. The molecule has 3 aromatic rings. The molecule has 1 aliphatic carbocycles. The number of aliphatic hydroxyl groups is 1. The highest BCUT2D eigenvalue weighted by molar-refractivity contribution is 5.84. The van der Waals surface area contributed by atoms with Gasteiger partial charge in [0.15, 0.2) is 17.0 Å². The molecule has 188 valence electrons. The molecule has 11 nitrogen and oxygen atoms in total. The first-order valence-electron chi connectivity index (χ1n) is 12.1. The second kappa shape index (κ2) is 10.0. The highest BCUT2D eigenvalue weighted by atomic mass is 16.6. The molecular weight excluding hydrogens is 450 g/mol. The number of nitrogens with zero attached hydrogens (tertiary/aromatic N) is 5. The first-order chi connectivity index (χ1) is 16.7. The zero-order valence-corrected chi connectivity index (χ0v) is 20.4. The van der Waals surface area contributed by atoms with E-state index in [4.69, 9.17) is 4.98 Å². The zero-order valence-electron chi connectivity index (χ0n) is 20.4. The number of anilines is 2. The van der Waals surface area contributed by atoms with Gasteiger partial charge in [0.1, 0.15) is 5.75 Å². The van der Waals surface area contributed by atoms with Gasteiger partial charge in [0.05, 0.1) is 22.9 Å². The monoisotopic (exact) mass is 483 g/mol. The van der Waals surface area contributed by atoms with Crippen molar-refractivity contribution < 1.29 is 15.1 Å². The lowest BCUT2D eigenvalue weighted by atomic mass is 9.95. The van der Waals surface area contributed by atoms with E-state index in [1.54, 1.807) is 20.2 Å². The molecule has 1 unspecified atom stereocenters. The van der Waals surface area contributed by atoms with Crippen LogP contribution in [0.4, 0.5) is 17.5 Å². The Morgan fingerprint density at radius 1 is 1.26 bits per heavy atom. The van der Waals surface area contributed by atoms with Crippen LogP contribution in [0, 0.1) is 10.1 Å². The fourth-order valence-electron chi connectivity index (χ4n) is 4.67. The number of fused-ring (bicyclic) bond motifs is 1. The first-order valence-corrected chi connectivity index (χ1v) is 12.1. The highest BCUT2D eigenvalue weighted by Gasteiger charge is 2.27. The third kappa shape index (κ3) is 5.45. The summed E-state index contributed by atoms with van der Waals surface area (Å²) in [5.41, 5.74) is 0.550. The van der Waals surface area contributed by atoms with Crippen molar-refractivity contribution in [2.75, 3.05) is 10.6 Å². The number of non-ortho nitro benzene ring substituents is 1. The van der Waals surface area contributed by atoms with Crippen molar-refractivity contribution in [3.63, 3.8) is 0 Å². The third-order valence-electron chi connectivity index (χ3n) is 6.67. The molecule has 2 heterocycles. The number of aromatic hydroxyl groups is 1. The van der Waals surface area contributed by atoms with Crippen LogP contribution in [-0.4, -0.2) is 46.3 Å². The number of nitro benzene ring substituents is 1. The summed E-state index contributed by atoms with van der Waals surface area (Å²) >= 11 is 0. The van der Waals surface area contributed by atoms with Crippen LogP contribution in [0.25, 0.3) is 11.2 Å². The average molecular weight is 484 g/mol. The zero-order chi connectivity index (χ0) is 25.2. The number of benzene rings is 1. The van der Waals surface area contributed by atoms with Crippen LogP contribution in [0.1, 0.15) is 70.9 Å². The maximum Gasteiger partial charge on any atom is 0.270 e. The molecule has 4 rings (SSSR count). The summed E-state index contributed by atoms with van der Waals surface area (Å²) in [6.07, 6.45) is 8.13. The predicted octanol–water partition coefficient (Wildman–Crippen LogP) is 4.52. The Morgan fingerprint density at radius 2 is 2.00 bits per heavy atom. The Kier molecular flexibility index (Phi) is 7.06. The average Bonchev–Trinajstić information content (AvgIpc) is 3.25. The number of imidazole rings is 1. The molecule has 35 heavy (non-hydrogen) atoms. The summed E-state index contributed by atoms with van der Waals surface area (Å²) in [5.74, 6) is 0.755. The lowest BCUT2D eigenvalue weighted by Crippen LogP contribution is -2.41. The smallest absolute Gasteiger partial charge is 0.270 e. The quantitative estimate of drug-likeness (QED) is 0.254. The van der Waals surface area contributed by atoms with Gasteiger partial charge in [-0.25, -0.2) is 4.98 Å². The molecule has 0 bridgehead atoms. The Labute approximate surface area is 203 Å². The molecule has 1 aromatic carbocycles. The van der Waals surface area contributed by atoms with Crippen molar-refractivity contribution in [1.82, 2.24) is 19.5 Å². The molecular formula is C24H33N7O4. The van der Waals surface area contributed by atoms with E-state index in [0.717, 1.165) is 25.7 Å². The molecule has 0 spiro atoms. The summed E-state index contributed by atoms with van der Waals surface area (Å²) in [5, 5.41) is 38.4. The largest absolute Gasteiger partial charge is 0.508 e. The van der Waals surface area contributed by atoms with Crippen LogP contribution in [-0.2, 0) is 6.54 Å². The van der Waals surface area contributed by atoms with Crippen LogP contribution in [0.3, 0.4) is 0 Å². The van der Waals surface area contributed by atoms with Gasteiger partial charge >= 0.3 is 0 Å². The van der Waals surface area contributed by atoms with Gasteiger partial charge in [-0.15, -0.1) is 0 Å². The molecule has 1 saturated carbocycles. The number of nitro groups is 1. The lowest BCUT2D eigenvalue weighted by molar-refractivity contribution is -0.384. The van der Waals surface area contributed by atoms with E-state index in [1.165, 1.54) is 24.6 Å². The van der Waals surface area contributed by atoms with Gasteiger partial charge in [-0.2, -0.15) is 9.97 Å². The number of phenolic OH excluding ortho intramolecular Hbond substituents is 1. The molecule has 1 fully saturated rings. The second-order valence-electron chi connectivity index (χ2n) is 9.69. The standard InChI is InChI=1S/C24H33N7O4/c1-4-19(24(2,3)33)27-23-28-21(25-13-15-12-17(31(34)35)10-11-18(15)32)20-22(29-23)30(14-26-20)16-8-6-5-7-9-16/h10-12,14,16,19,32-33H,4-9,13H2,1-3H3,(H2,25,27,28,29). The number of rotatable bonds is 9. The van der Waals surface area contributed by atoms with Gasteiger partial charge in [0.2, 0.25) is 5.95 Å².